The van der Waals surface area contributed by atoms with Crippen molar-refractivity contribution < 1.29 is 9.59 Å². The number of carbonyl (C=O) groups is 2. The first kappa shape index (κ1) is 17.6. The summed E-state index contributed by atoms with van der Waals surface area (Å²) in [5.74, 6) is -0.317. The lowest BCUT2D eigenvalue weighted by atomic mass is 10.0. The molecule has 25 heavy (non-hydrogen) atoms. The van der Waals surface area contributed by atoms with E-state index in [9.17, 15) is 9.59 Å². The monoisotopic (exact) mass is 357 g/mol. The van der Waals surface area contributed by atoms with Crippen molar-refractivity contribution in [2.75, 3.05) is 6.54 Å². The number of rotatable bonds is 4. The average molecular weight is 357 g/mol. The van der Waals surface area contributed by atoms with E-state index in [4.69, 9.17) is 0 Å². The topological polar surface area (TPSA) is 62.3 Å². The molecule has 132 valence electrons. The van der Waals surface area contributed by atoms with Crippen LogP contribution in [0.3, 0.4) is 0 Å². The molecular weight excluding hydrogens is 334 g/mol. The number of likely N-dealkylation sites (tertiary alicyclic amines) is 1. The number of benzene rings is 1. The number of amides is 2. The van der Waals surface area contributed by atoms with Gasteiger partial charge < -0.3 is 10.2 Å². The summed E-state index contributed by atoms with van der Waals surface area (Å²) in [6.45, 7) is 4.59. The maximum absolute atomic E-state index is 12.7. The molecule has 1 fully saturated rings. The molecule has 1 aliphatic rings. The average Bonchev–Trinajstić information content (AvgIpc) is 3.12. The summed E-state index contributed by atoms with van der Waals surface area (Å²) < 4.78 is 0. The van der Waals surface area contributed by atoms with E-state index in [0.29, 0.717) is 5.69 Å². The number of nitrogens with zero attached hydrogens (tertiary/aromatic N) is 2. The van der Waals surface area contributed by atoms with Crippen molar-refractivity contribution in [1.29, 1.82) is 0 Å². The fourth-order valence-electron chi connectivity index (χ4n) is 3.20. The molecule has 0 bridgehead atoms. The van der Waals surface area contributed by atoms with Gasteiger partial charge in [0.05, 0.1) is 10.4 Å². The zero-order chi connectivity index (χ0) is 17.8. The molecule has 0 spiro atoms. The normalized spacial score (nSPS) is 18.6. The first-order valence-corrected chi connectivity index (χ1v) is 9.56. The van der Waals surface area contributed by atoms with Gasteiger partial charge in [0.2, 0.25) is 5.91 Å². The molecule has 6 heteroatoms. The minimum atomic E-state index is -0.557. The number of carbonyl (C=O) groups excluding carboxylic acids is 2. The Morgan fingerprint density at radius 1 is 1.28 bits per heavy atom. The zero-order valence-corrected chi connectivity index (χ0v) is 15.4. The molecule has 1 aliphatic heterocycles. The maximum atomic E-state index is 12.7. The van der Waals surface area contributed by atoms with Crippen LogP contribution in [0.5, 0.6) is 0 Å². The number of nitrogens with one attached hydrogen (secondary N) is 1. The molecule has 5 nitrogen and oxygen atoms in total. The van der Waals surface area contributed by atoms with Crippen LogP contribution < -0.4 is 5.32 Å². The fraction of sp³-hybridized carbons (Fsp3) is 0.421. The van der Waals surface area contributed by atoms with Gasteiger partial charge in [-0.15, -0.1) is 11.3 Å². The third-order valence-electron chi connectivity index (χ3n) is 4.62. The molecule has 2 aromatic rings. The third-order valence-corrected chi connectivity index (χ3v) is 5.50. The third kappa shape index (κ3) is 3.90. The number of hydrogen-bond acceptors (Lipinski definition) is 4. The molecule has 3 rings (SSSR count). The van der Waals surface area contributed by atoms with Crippen LogP contribution in [-0.2, 0) is 4.79 Å². The highest BCUT2D eigenvalue weighted by molar-refractivity contribution is 7.13. The largest absolute Gasteiger partial charge is 0.339 e. The van der Waals surface area contributed by atoms with Crippen molar-refractivity contribution in [3.63, 3.8) is 0 Å². The molecule has 2 amide bonds. The van der Waals surface area contributed by atoms with Gasteiger partial charge in [-0.2, -0.15) is 0 Å². The van der Waals surface area contributed by atoms with Crippen LogP contribution >= 0.6 is 11.3 Å². The van der Waals surface area contributed by atoms with Crippen molar-refractivity contribution in [2.24, 2.45) is 0 Å². The molecule has 0 aliphatic carbocycles. The van der Waals surface area contributed by atoms with Crippen molar-refractivity contribution in [3.8, 4) is 10.4 Å². The predicted octanol–water partition coefficient (Wildman–Crippen LogP) is 3.33. The molecular formula is C19H23N3O2S. The Morgan fingerprint density at radius 3 is 2.76 bits per heavy atom. The molecule has 2 atom stereocenters. The van der Waals surface area contributed by atoms with E-state index in [1.165, 1.54) is 11.3 Å². The molecule has 1 aromatic carbocycles. The Bertz CT molecular complexity index is 744. The summed E-state index contributed by atoms with van der Waals surface area (Å²) in [6, 6.07) is 9.38. The summed E-state index contributed by atoms with van der Waals surface area (Å²) >= 11 is 1.43. The van der Waals surface area contributed by atoms with Gasteiger partial charge in [0.15, 0.2) is 0 Å². The summed E-state index contributed by atoms with van der Waals surface area (Å²) in [7, 11) is 0. The van der Waals surface area contributed by atoms with E-state index in [0.717, 1.165) is 36.2 Å². The van der Waals surface area contributed by atoms with Crippen LogP contribution in [0.2, 0.25) is 0 Å². The Morgan fingerprint density at radius 2 is 2.04 bits per heavy atom. The van der Waals surface area contributed by atoms with E-state index in [-0.39, 0.29) is 17.9 Å². The highest BCUT2D eigenvalue weighted by Crippen LogP contribution is 2.27. The van der Waals surface area contributed by atoms with Crippen LogP contribution in [0.15, 0.2) is 35.8 Å². The Hall–Kier alpha value is -2.21. The highest BCUT2D eigenvalue weighted by atomic mass is 32.1. The van der Waals surface area contributed by atoms with Gasteiger partial charge in [-0.05, 0) is 38.7 Å². The lowest BCUT2D eigenvalue weighted by Crippen LogP contribution is -2.51. The van der Waals surface area contributed by atoms with Crippen molar-refractivity contribution >= 4 is 23.2 Å². The van der Waals surface area contributed by atoms with Gasteiger partial charge in [0.1, 0.15) is 11.7 Å². The Balaban J connectivity index is 1.70. The molecule has 1 saturated heterocycles. The van der Waals surface area contributed by atoms with E-state index >= 15 is 0 Å². The SMILES string of the molecule is CC(NC(=O)c1ncsc1-c1ccccc1)C(=O)N1CCCCC1C. The quantitative estimate of drug-likeness (QED) is 0.913. The second kappa shape index (κ2) is 7.78. The molecule has 0 saturated carbocycles. The lowest BCUT2D eigenvalue weighted by molar-refractivity contribution is -0.136. The van der Waals surface area contributed by atoms with Crippen molar-refractivity contribution in [1.82, 2.24) is 15.2 Å². The number of hydrogen-bond donors (Lipinski definition) is 1. The van der Waals surface area contributed by atoms with Gasteiger partial charge in [0, 0.05) is 12.6 Å². The van der Waals surface area contributed by atoms with E-state index in [1.807, 2.05) is 35.2 Å². The lowest BCUT2D eigenvalue weighted by Gasteiger charge is -2.35. The maximum Gasteiger partial charge on any atom is 0.272 e. The molecule has 2 heterocycles. The second-order valence-electron chi connectivity index (χ2n) is 6.47. The molecule has 1 N–H and O–H groups in total. The zero-order valence-electron chi connectivity index (χ0n) is 14.6. The van der Waals surface area contributed by atoms with Gasteiger partial charge in [-0.25, -0.2) is 4.98 Å². The molecule has 1 aromatic heterocycles. The fourth-order valence-corrected chi connectivity index (χ4v) is 4.00. The molecule has 0 radical (unpaired) electrons. The van der Waals surface area contributed by atoms with Crippen LogP contribution in [0.1, 0.15) is 43.6 Å². The van der Waals surface area contributed by atoms with Gasteiger partial charge in [0.25, 0.3) is 5.91 Å². The van der Waals surface area contributed by atoms with E-state index < -0.39 is 6.04 Å². The minimum absolute atomic E-state index is 0.0166. The first-order chi connectivity index (χ1) is 12.1. The number of piperidine rings is 1. The van der Waals surface area contributed by atoms with Gasteiger partial charge in [-0.1, -0.05) is 30.3 Å². The smallest absolute Gasteiger partial charge is 0.272 e. The van der Waals surface area contributed by atoms with Crippen LogP contribution in [-0.4, -0.2) is 40.3 Å². The van der Waals surface area contributed by atoms with Crippen molar-refractivity contribution in [3.05, 3.63) is 41.5 Å². The first-order valence-electron chi connectivity index (χ1n) is 8.68. The highest BCUT2D eigenvalue weighted by Gasteiger charge is 2.28. The number of thiazole rings is 1. The number of aromatic nitrogens is 1. The minimum Gasteiger partial charge on any atom is -0.339 e. The van der Waals surface area contributed by atoms with Gasteiger partial charge >= 0.3 is 0 Å². The summed E-state index contributed by atoms with van der Waals surface area (Å²) in [6.07, 6.45) is 3.21. The van der Waals surface area contributed by atoms with Crippen molar-refractivity contribution in [2.45, 2.75) is 45.2 Å². The summed E-state index contributed by atoms with van der Waals surface area (Å²) in [5.41, 5.74) is 3.00. The van der Waals surface area contributed by atoms with Crippen LogP contribution in [0.25, 0.3) is 10.4 Å². The van der Waals surface area contributed by atoms with Gasteiger partial charge in [-0.3, -0.25) is 9.59 Å². The van der Waals surface area contributed by atoms with E-state index in [2.05, 4.69) is 17.2 Å². The van der Waals surface area contributed by atoms with Crippen LogP contribution in [0, 0.1) is 0 Å². The second-order valence-corrected chi connectivity index (χ2v) is 7.32. The van der Waals surface area contributed by atoms with E-state index in [1.54, 1.807) is 12.4 Å². The van der Waals surface area contributed by atoms with Crippen LogP contribution in [0.4, 0.5) is 0 Å². The summed E-state index contributed by atoms with van der Waals surface area (Å²) in [4.78, 5) is 32.2. The summed E-state index contributed by atoms with van der Waals surface area (Å²) in [5, 5.41) is 2.82. The predicted molar refractivity (Wildman–Crippen MR) is 99.5 cm³/mol. The Kier molecular flexibility index (Phi) is 5.48. The standard InChI is InChI=1S/C19H23N3O2S/c1-13-8-6-7-11-22(13)19(24)14(2)21-18(23)16-17(25-12-20-16)15-9-4-3-5-10-15/h3-5,9-10,12-14H,6-8,11H2,1-2H3,(H,21,23). The molecule has 2 unspecified atom stereocenters. The Labute approximate surface area is 152 Å².